The van der Waals surface area contributed by atoms with Crippen molar-refractivity contribution in [1.82, 2.24) is 20.4 Å². The highest BCUT2D eigenvalue weighted by molar-refractivity contribution is 5.94. The van der Waals surface area contributed by atoms with Crippen LogP contribution in [0, 0.1) is 0 Å². The zero-order chi connectivity index (χ0) is 17.6. The third-order valence-electron chi connectivity index (χ3n) is 3.18. The van der Waals surface area contributed by atoms with E-state index in [1.165, 1.54) is 6.26 Å². The Hall–Kier alpha value is -3.62. The number of hydrogen-bond acceptors (Lipinski definition) is 6. The molecule has 0 fully saturated rings. The normalized spacial score (nSPS) is 10.4. The number of urea groups is 1. The van der Waals surface area contributed by atoms with Crippen LogP contribution < -0.4 is 16.4 Å². The maximum absolute atomic E-state index is 11.8. The quantitative estimate of drug-likeness (QED) is 0.717. The van der Waals surface area contributed by atoms with Crippen LogP contribution in [0.2, 0.25) is 0 Å². The van der Waals surface area contributed by atoms with Crippen LogP contribution in [-0.4, -0.2) is 21.7 Å². The summed E-state index contributed by atoms with van der Waals surface area (Å²) in [4.78, 5) is 35.2. The second-order valence-corrected chi connectivity index (χ2v) is 5.02. The lowest BCUT2D eigenvalue weighted by atomic mass is 10.2. The first-order valence-corrected chi connectivity index (χ1v) is 7.35. The molecule has 2 aromatic heterocycles. The molecule has 3 amide bonds. The van der Waals surface area contributed by atoms with Crippen LogP contribution >= 0.6 is 0 Å². The van der Waals surface area contributed by atoms with E-state index in [4.69, 9.17) is 8.83 Å². The molecule has 3 rings (SSSR count). The maximum atomic E-state index is 11.8. The van der Waals surface area contributed by atoms with E-state index in [1.54, 1.807) is 12.1 Å². The second kappa shape index (κ2) is 7.30. The molecular formula is C16H14N4O5. The molecule has 0 unspecified atom stereocenters. The number of nitrogens with zero attached hydrogens (tertiary/aromatic N) is 2. The van der Waals surface area contributed by atoms with Crippen LogP contribution in [0.5, 0.6) is 0 Å². The molecule has 0 radical (unpaired) electrons. The predicted octanol–water partition coefficient (Wildman–Crippen LogP) is 1.12. The van der Waals surface area contributed by atoms with Crippen molar-refractivity contribution < 1.29 is 18.4 Å². The van der Waals surface area contributed by atoms with Gasteiger partial charge < -0.3 is 14.2 Å². The Kier molecular flexibility index (Phi) is 4.74. The zero-order valence-electron chi connectivity index (χ0n) is 13.0. The summed E-state index contributed by atoms with van der Waals surface area (Å²) in [5.74, 6) is -1.31. The highest BCUT2D eigenvalue weighted by atomic mass is 16.4. The first-order chi connectivity index (χ1) is 12.1. The minimum Gasteiger partial charge on any atom is -0.459 e. The highest BCUT2D eigenvalue weighted by Crippen LogP contribution is 2.14. The number of carbonyl (C=O) groups is 2. The Morgan fingerprint density at radius 2 is 1.92 bits per heavy atom. The molecule has 1 aromatic carbocycles. The molecule has 9 heteroatoms. The molecule has 0 bridgehead atoms. The molecule has 0 saturated carbocycles. The van der Waals surface area contributed by atoms with Gasteiger partial charge in [0.25, 0.3) is 5.89 Å². The first kappa shape index (κ1) is 16.2. The molecule has 0 aliphatic carbocycles. The van der Waals surface area contributed by atoms with Crippen LogP contribution in [0.4, 0.5) is 4.79 Å². The van der Waals surface area contributed by atoms with Crippen LogP contribution in [0.1, 0.15) is 5.56 Å². The molecule has 9 nitrogen and oxygen atoms in total. The molecule has 0 saturated heterocycles. The summed E-state index contributed by atoms with van der Waals surface area (Å²) in [5.41, 5.74) is 0.890. The second-order valence-electron chi connectivity index (χ2n) is 5.02. The Balaban J connectivity index is 1.54. The number of imide groups is 1. The van der Waals surface area contributed by atoms with Gasteiger partial charge >= 0.3 is 11.8 Å². The third kappa shape index (κ3) is 4.22. The topological polar surface area (TPSA) is 119 Å². The van der Waals surface area contributed by atoms with Crippen LogP contribution in [0.25, 0.3) is 11.7 Å². The largest absolute Gasteiger partial charge is 0.459 e. The average molecular weight is 342 g/mol. The number of amides is 3. The molecule has 2 heterocycles. The van der Waals surface area contributed by atoms with Gasteiger partial charge in [-0.2, -0.15) is 4.68 Å². The lowest BCUT2D eigenvalue weighted by molar-refractivity contribution is -0.120. The Morgan fingerprint density at radius 3 is 2.64 bits per heavy atom. The number of benzene rings is 1. The lowest BCUT2D eigenvalue weighted by Gasteiger charge is -2.06. The van der Waals surface area contributed by atoms with Crippen molar-refractivity contribution in [2.24, 2.45) is 0 Å². The van der Waals surface area contributed by atoms with Crippen LogP contribution in [0.3, 0.4) is 0 Å². The van der Waals surface area contributed by atoms with Crippen molar-refractivity contribution in [3.05, 3.63) is 64.8 Å². The third-order valence-corrected chi connectivity index (χ3v) is 3.18. The molecule has 0 spiro atoms. The fourth-order valence-corrected chi connectivity index (χ4v) is 2.03. The summed E-state index contributed by atoms with van der Waals surface area (Å²) < 4.78 is 10.8. The van der Waals surface area contributed by atoms with Gasteiger partial charge in [-0.25, -0.2) is 9.59 Å². The molecule has 2 N–H and O–H groups in total. The molecule has 25 heavy (non-hydrogen) atoms. The smallest absolute Gasteiger partial charge is 0.437 e. The molecule has 3 aromatic rings. The Bertz CT molecular complexity index is 912. The summed E-state index contributed by atoms with van der Waals surface area (Å²) in [7, 11) is 0. The van der Waals surface area contributed by atoms with E-state index in [1.807, 2.05) is 30.3 Å². The van der Waals surface area contributed by atoms with Gasteiger partial charge in [-0.05, 0) is 17.7 Å². The van der Waals surface area contributed by atoms with Crippen molar-refractivity contribution in [3.63, 3.8) is 0 Å². The predicted molar refractivity (Wildman–Crippen MR) is 85.3 cm³/mol. The number of carbonyl (C=O) groups excluding carboxylic acids is 2. The van der Waals surface area contributed by atoms with Crippen LogP contribution in [-0.2, 0) is 17.9 Å². The van der Waals surface area contributed by atoms with E-state index in [0.717, 1.165) is 10.2 Å². The molecule has 0 aliphatic heterocycles. The van der Waals surface area contributed by atoms with E-state index in [2.05, 4.69) is 15.7 Å². The summed E-state index contributed by atoms with van der Waals surface area (Å²) >= 11 is 0. The monoisotopic (exact) mass is 342 g/mol. The van der Waals surface area contributed by atoms with Gasteiger partial charge in [0.1, 0.15) is 6.54 Å². The van der Waals surface area contributed by atoms with Crippen LogP contribution in [0.15, 0.2) is 62.4 Å². The van der Waals surface area contributed by atoms with Gasteiger partial charge in [0, 0.05) is 6.54 Å². The van der Waals surface area contributed by atoms with E-state index < -0.39 is 24.2 Å². The highest BCUT2D eigenvalue weighted by Gasteiger charge is 2.16. The van der Waals surface area contributed by atoms with Crippen molar-refractivity contribution in [2.45, 2.75) is 13.1 Å². The van der Waals surface area contributed by atoms with Gasteiger partial charge in [-0.1, -0.05) is 30.3 Å². The van der Waals surface area contributed by atoms with E-state index in [-0.39, 0.29) is 18.2 Å². The van der Waals surface area contributed by atoms with Crippen molar-refractivity contribution in [2.75, 3.05) is 0 Å². The van der Waals surface area contributed by atoms with Gasteiger partial charge in [0.15, 0.2) is 5.76 Å². The fourth-order valence-electron chi connectivity index (χ4n) is 2.03. The number of furan rings is 1. The molecule has 0 aliphatic rings. The summed E-state index contributed by atoms with van der Waals surface area (Å²) in [6.07, 6.45) is 1.40. The number of hydrogen-bond donors (Lipinski definition) is 2. The summed E-state index contributed by atoms with van der Waals surface area (Å²) in [6, 6.07) is 11.7. The standard InChI is InChI=1S/C16H14N4O5/c21-13(18-15(22)17-9-11-5-2-1-3-6-11)10-20-16(23)25-14(19-20)12-7-4-8-24-12/h1-8H,9-10H2,(H2,17,18,21,22). The minimum absolute atomic E-state index is 0.0451. The molecule has 128 valence electrons. The van der Waals surface area contributed by atoms with E-state index >= 15 is 0 Å². The Morgan fingerprint density at radius 1 is 1.12 bits per heavy atom. The van der Waals surface area contributed by atoms with Crippen molar-refractivity contribution in [1.29, 1.82) is 0 Å². The number of nitrogens with one attached hydrogen (secondary N) is 2. The van der Waals surface area contributed by atoms with Crippen molar-refractivity contribution >= 4 is 11.9 Å². The van der Waals surface area contributed by atoms with Gasteiger partial charge in [-0.15, -0.1) is 5.10 Å². The maximum Gasteiger partial charge on any atom is 0.437 e. The van der Waals surface area contributed by atoms with E-state index in [0.29, 0.717) is 0 Å². The number of aromatic nitrogens is 2. The SMILES string of the molecule is O=C(Cn1nc(-c2ccco2)oc1=O)NC(=O)NCc1ccccc1. The van der Waals surface area contributed by atoms with Crippen molar-refractivity contribution in [3.8, 4) is 11.7 Å². The molecule has 0 atom stereocenters. The minimum atomic E-state index is -0.828. The number of rotatable bonds is 5. The summed E-state index contributed by atoms with van der Waals surface area (Å²) in [5, 5.41) is 8.50. The zero-order valence-corrected chi connectivity index (χ0v) is 13.0. The average Bonchev–Trinajstić information content (AvgIpc) is 3.24. The molecular weight excluding hydrogens is 328 g/mol. The fraction of sp³-hybridized carbons (Fsp3) is 0.125. The van der Waals surface area contributed by atoms with Gasteiger partial charge in [0.05, 0.1) is 6.26 Å². The van der Waals surface area contributed by atoms with Gasteiger partial charge in [-0.3, -0.25) is 10.1 Å². The lowest BCUT2D eigenvalue weighted by Crippen LogP contribution is -2.41. The van der Waals surface area contributed by atoms with E-state index in [9.17, 15) is 14.4 Å². The Labute approximate surface area is 141 Å². The van der Waals surface area contributed by atoms with Gasteiger partial charge in [0.2, 0.25) is 5.91 Å². The summed E-state index contributed by atoms with van der Waals surface area (Å²) in [6.45, 7) is -0.186. The first-order valence-electron chi connectivity index (χ1n) is 7.35.